The van der Waals surface area contributed by atoms with E-state index in [0.717, 1.165) is 37.5 Å². The maximum absolute atomic E-state index is 12.2. The Labute approximate surface area is 140 Å². The molecule has 0 spiro atoms. The molecule has 2 aromatic rings. The van der Waals surface area contributed by atoms with E-state index < -0.39 is 0 Å². The first-order chi connectivity index (χ1) is 11.2. The molecule has 3 heterocycles. The molecule has 0 unspecified atom stereocenters. The third kappa shape index (κ3) is 3.79. The van der Waals surface area contributed by atoms with Gasteiger partial charge in [0, 0.05) is 32.1 Å². The molecule has 0 radical (unpaired) electrons. The molecule has 0 saturated carbocycles. The van der Waals surface area contributed by atoms with E-state index >= 15 is 0 Å². The van der Waals surface area contributed by atoms with Crippen molar-refractivity contribution in [1.82, 2.24) is 19.9 Å². The van der Waals surface area contributed by atoms with Crippen molar-refractivity contribution < 1.29 is 9.32 Å². The van der Waals surface area contributed by atoms with E-state index in [-0.39, 0.29) is 11.8 Å². The van der Waals surface area contributed by atoms with Gasteiger partial charge < -0.3 is 9.42 Å². The highest BCUT2D eigenvalue weighted by atomic mass is 32.1. The predicted molar refractivity (Wildman–Crippen MR) is 88.9 cm³/mol. The fraction of sp³-hybridized carbons (Fsp3) is 0.562. The highest BCUT2D eigenvalue weighted by molar-refractivity contribution is 7.13. The van der Waals surface area contributed by atoms with Crippen molar-refractivity contribution in [3.63, 3.8) is 0 Å². The molecule has 1 saturated heterocycles. The number of thiophene rings is 1. The minimum atomic E-state index is 0.118. The van der Waals surface area contributed by atoms with Gasteiger partial charge >= 0.3 is 0 Å². The fourth-order valence-electron chi connectivity index (χ4n) is 2.63. The Bertz CT molecular complexity index is 632. The van der Waals surface area contributed by atoms with Crippen molar-refractivity contribution in [2.24, 2.45) is 5.92 Å². The van der Waals surface area contributed by atoms with Crippen molar-refractivity contribution in [3.8, 4) is 10.8 Å². The summed E-state index contributed by atoms with van der Waals surface area (Å²) < 4.78 is 5.31. The van der Waals surface area contributed by atoms with Gasteiger partial charge in [0.15, 0.2) is 5.82 Å². The molecule has 124 valence electrons. The number of hydrogen-bond donors (Lipinski definition) is 0. The first kappa shape index (κ1) is 16.1. The molecule has 1 amide bonds. The van der Waals surface area contributed by atoms with Crippen LogP contribution in [0.1, 0.15) is 26.1 Å². The van der Waals surface area contributed by atoms with Crippen molar-refractivity contribution in [2.75, 3.05) is 26.2 Å². The number of hydrogen-bond acceptors (Lipinski definition) is 6. The van der Waals surface area contributed by atoms with Crippen LogP contribution in [-0.2, 0) is 11.3 Å². The average Bonchev–Trinajstić information content (AvgIpc) is 3.25. The summed E-state index contributed by atoms with van der Waals surface area (Å²) in [5.74, 6) is 1.68. The molecule has 1 aliphatic rings. The van der Waals surface area contributed by atoms with E-state index in [0.29, 0.717) is 18.3 Å². The minimum Gasteiger partial charge on any atom is -0.340 e. The largest absolute Gasteiger partial charge is 0.340 e. The van der Waals surface area contributed by atoms with Gasteiger partial charge in [-0.15, -0.1) is 11.3 Å². The molecule has 3 rings (SSSR count). The first-order valence-electron chi connectivity index (χ1n) is 8.05. The maximum Gasteiger partial charge on any atom is 0.268 e. The van der Waals surface area contributed by atoms with Crippen LogP contribution in [0.3, 0.4) is 0 Å². The quantitative estimate of drug-likeness (QED) is 0.840. The third-order valence-corrected chi connectivity index (χ3v) is 5.14. The second kappa shape index (κ2) is 7.23. The zero-order valence-corrected chi connectivity index (χ0v) is 14.4. The van der Waals surface area contributed by atoms with Gasteiger partial charge in [-0.1, -0.05) is 25.1 Å². The SMILES string of the molecule is CC[C@@H](C)C(=O)N1CCN(Cc2noc(-c3cccs3)n2)CC1. The molecular formula is C16H22N4O2S. The Morgan fingerprint density at radius 2 is 2.17 bits per heavy atom. The summed E-state index contributed by atoms with van der Waals surface area (Å²) in [6.07, 6.45) is 0.896. The molecule has 0 aliphatic carbocycles. The van der Waals surface area contributed by atoms with Gasteiger partial charge in [-0.25, -0.2) is 0 Å². The van der Waals surface area contributed by atoms with E-state index in [4.69, 9.17) is 4.52 Å². The lowest BCUT2D eigenvalue weighted by atomic mass is 10.1. The van der Waals surface area contributed by atoms with Crippen LogP contribution in [0.25, 0.3) is 10.8 Å². The fourth-order valence-corrected chi connectivity index (χ4v) is 3.28. The lowest BCUT2D eigenvalue weighted by Crippen LogP contribution is -2.49. The topological polar surface area (TPSA) is 62.5 Å². The molecule has 23 heavy (non-hydrogen) atoms. The highest BCUT2D eigenvalue weighted by Gasteiger charge is 2.24. The number of carbonyl (C=O) groups is 1. The standard InChI is InChI=1S/C16H22N4O2S/c1-3-12(2)16(21)20-8-6-19(7-9-20)11-14-17-15(22-18-14)13-5-4-10-23-13/h4-5,10,12H,3,6-9,11H2,1-2H3/t12-/m1/s1. The monoisotopic (exact) mass is 334 g/mol. The summed E-state index contributed by atoms with van der Waals surface area (Å²) in [6.45, 7) is 7.98. The van der Waals surface area contributed by atoms with Crippen LogP contribution in [0, 0.1) is 5.92 Å². The molecular weight excluding hydrogens is 312 g/mol. The molecule has 7 heteroatoms. The van der Waals surface area contributed by atoms with Crippen molar-refractivity contribution >= 4 is 17.2 Å². The van der Waals surface area contributed by atoms with Gasteiger partial charge in [-0.3, -0.25) is 9.69 Å². The molecule has 1 fully saturated rings. The number of aromatic nitrogens is 2. The number of piperazine rings is 1. The number of rotatable bonds is 5. The van der Waals surface area contributed by atoms with E-state index in [1.54, 1.807) is 11.3 Å². The Kier molecular flexibility index (Phi) is 5.07. The molecule has 6 nitrogen and oxygen atoms in total. The normalized spacial score (nSPS) is 17.4. The Morgan fingerprint density at radius 3 is 2.83 bits per heavy atom. The second-order valence-electron chi connectivity index (χ2n) is 5.90. The van der Waals surface area contributed by atoms with Crippen LogP contribution in [0.2, 0.25) is 0 Å². The van der Waals surface area contributed by atoms with Crippen LogP contribution in [-0.4, -0.2) is 52.0 Å². The molecule has 0 N–H and O–H groups in total. The predicted octanol–water partition coefficient (Wildman–Crippen LogP) is 2.49. The highest BCUT2D eigenvalue weighted by Crippen LogP contribution is 2.22. The smallest absolute Gasteiger partial charge is 0.268 e. The van der Waals surface area contributed by atoms with Gasteiger partial charge in [0.1, 0.15) is 0 Å². The Balaban J connectivity index is 1.52. The van der Waals surface area contributed by atoms with Gasteiger partial charge in [0.05, 0.1) is 11.4 Å². The summed E-state index contributed by atoms with van der Waals surface area (Å²) in [7, 11) is 0. The number of carbonyl (C=O) groups excluding carboxylic acids is 1. The minimum absolute atomic E-state index is 0.118. The summed E-state index contributed by atoms with van der Waals surface area (Å²) in [5, 5.41) is 6.05. The van der Waals surface area contributed by atoms with Crippen molar-refractivity contribution in [1.29, 1.82) is 0 Å². The summed E-state index contributed by atoms with van der Waals surface area (Å²) in [6, 6.07) is 3.94. The zero-order chi connectivity index (χ0) is 16.2. The summed E-state index contributed by atoms with van der Waals surface area (Å²) in [5.41, 5.74) is 0. The van der Waals surface area contributed by atoms with Crippen molar-refractivity contribution in [3.05, 3.63) is 23.3 Å². The van der Waals surface area contributed by atoms with E-state index in [1.807, 2.05) is 29.3 Å². The molecule has 0 aromatic carbocycles. The average molecular weight is 334 g/mol. The van der Waals surface area contributed by atoms with Gasteiger partial charge in [-0.05, 0) is 17.9 Å². The molecule has 1 aliphatic heterocycles. The van der Waals surface area contributed by atoms with E-state index in [9.17, 15) is 4.79 Å². The Hall–Kier alpha value is -1.73. The van der Waals surface area contributed by atoms with Crippen LogP contribution >= 0.6 is 11.3 Å². The van der Waals surface area contributed by atoms with Crippen LogP contribution in [0.4, 0.5) is 0 Å². The molecule has 0 bridgehead atoms. The number of amides is 1. The summed E-state index contributed by atoms with van der Waals surface area (Å²) in [4.78, 5) is 21.9. The van der Waals surface area contributed by atoms with E-state index in [1.165, 1.54) is 0 Å². The molecule has 2 aromatic heterocycles. The van der Waals surface area contributed by atoms with Crippen molar-refractivity contribution in [2.45, 2.75) is 26.8 Å². The lowest BCUT2D eigenvalue weighted by Gasteiger charge is -2.35. The Morgan fingerprint density at radius 1 is 1.39 bits per heavy atom. The second-order valence-corrected chi connectivity index (χ2v) is 6.85. The van der Waals surface area contributed by atoms with Gasteiger partial charge in [0.2, 0.25) is 5.91 Å². The molecule has 1 atom stereocenters. The van der Waals surface area contributed by atoms with Crippen LogP contribution < -0.4 is 0 Å². The number of nitrogens with zero attached hydrogens (tertiary/aromatic N) is 4. The zero-order valence-electron chi connectivity index (χ0n) is 13.6. The maximum atomic E-state index is 12.2. The first-order valence-corrected chi connectivity index (χ1v) is 8.93. The van der Waals surface area contributed by atoms with Crippen LogP contribution in [0.15, 0.2) is 22.0 Å². The lowest BCUT2D eigenvalue weighted by molar-refractivity contribution is -0.136. The summed E-state index contributed by atoms with van der Waals surface area (Å²) >= 11 is 1.59. The van der Waals surface area contributed by atoms with Crippen LogP contribution in [0.5, 0.6) is 0 Å². The van der Waals surface area contributed by atoms with Gasteiger partial charge in [0.25, 0.3) is 5.89 Å². The van der Waals surface area contributed by atoms with E-state index in [2.05, 4.69) is 22.0 Å². The van der Waals surface area contributed by atoms with Gasteiger partial charge in [-0.2, -0.15) is 4.98 Å². The third-order valence-electron chi connectivity index (χ3n) is 4.28.